The Labute approximate surface area is 199 Å². The second kappa shape index (κ2) is 10.8. The van der Waals surface area contributed by atoms with Crippen LogP contribution in [-0.4, -0.2) is 60.9 Å². The molecule has 2 aromatic carbocycles. The monoisotopic (exact) mass is 466 g/mol. The number of amides is 3. The number of piperazine rings is 1. The molecule has 1 saturated carbocycles. The van der Waals surface area contributed by atoms with E-state index >= 15 is 0 Å². The topological polar surface area (TPSA) is 90.5 Å². The Kier molecular flexibility index (Phi) is 7.57. The van der Waals surface area contributed by atoms with Gasteiger partial charge in [-0.15, -0.1) is 0 Å². The normalized spacial score (nSPS) is 20.4. The van der Waals surface area contributed by atoms with Gasteiger partial charge in [-0.3, -0.25) is 14.4 Å². The number of benzene rings is 2. The Hall–Kier alpha value is -3.26. The number of carbonyl (C=O) groups excluding carboxylic acids is 3. The number of hydrogen-bond donors (Lipinski definition) is 3. The molecule has 2 aromatic rings. The Morgan fingerprint density at radius 2 is 1.88 bits per heavy atom. The first kappa shape index (κ1) is 23.9. The quantitative estimate of drug-likeness (QED) is 0.494. The molecule has 1 aliphatic carbocycles. The Morgan fingerprint density at radius 1 is 1.15 bits per heavy atom. The fourth-order valence-electron chi connectivity index (χ4n) is 4.34. The highest BCUT2D eigenvalue weighted by molar-refractivity contribution is 5.98. The van der Waals surface area contributed by atoms with Crippen LogP contribution in [-0.2, 0) is 9.59 Å². The van der Waals surface area contributed by atoms with E-state index in [4.69, 9.17) is 0 Å². The van der Waals surface area contributed by atoms with Gasteiger partial charge in [-0.25, -0.2) is 4.39 Å². The fourth-order valence-corrected chi connectivity index (χ4v) is 4.34. The van der Waals surface area contributed by atoms with E-state index in [1.807, 2.05) is 0 Å². The van der Waals surface area contributed by atoms with Crippen LogP contribution >= 0.6 is 0 Å². The minimum atomic E-state index is -0.752. The molecule has 3 amide bonds. The maximum atomic E-state index is 13.2. The van der Waals surface area contributed by atoms with Gasteiger partial charge in [-0.1, -0.05) is 29.8 Å². The van der Waals surface area contributed by atoms with E-state index in [2.05, 4.69) is 47.1 Å². The van der Waals surface area contributed by atoms with Gasteiger partial charge >= 0.3 is 0 Å². The summed E-state index contributed by atoms with van der Waals surface area (Å²) in [6.07, 6.45) is 2.23. The summed E-state index contributed by atoms with van der Waals surface area (Å²) in [5.74, 6) is -0.828. The van der Waals surface area contributed by atoms with Crippen molar-refractivity contribution in [1.29, 1.82) is 0 Å². The number of rotatable bonds is 9. The van der Waals surface area contributed by atoms with Gasteiger partial charge in [0.15, 0.2) is 0 Å². The molecule has 8 heteroatoms. The summed E-state index contributed by atoms with van der Waals surface area (Å²) in [6.45, 7) is 3.60. The van der Waals surface area contributed by atoms with Gasteiger partial charge in [0.2, 0.25) is 11.8 Å². The summed E-state index contributed by atoms with van der Waals surface area (Å²) >= 11 is 0. The van der Waals surface area contributed by atoms with Crippen molar-refractivity contribution in [3.63, 3.8) is 0 Å². The van der Waals surface area contributed by atoms with Crippen molar-refractivity contribution < 1.29 is 18.8 Å². The standard InChI is InChI=1S/C26H31FN4O3/c1-17-4-6-18(7-5-17)21-15-23(21)28-12-2-3-22(26(34)31-14-13-29-24(32)16-31)30-25(33)19-8-10-20(27)11-9-19/h4-11,21-23,28H,2-3,12-16H2,1H3,(H,29,32)(H,30,33)/t21-,22-,23+/m0/s1. The van der Waals surface area contributed by atoms with Gasteiger partial charge < -0.3 is 20.9 Å². The lowest BCUT2D eigenvalue weighted by Crippen LogP contribution is -2.56. The number of nitrogens with one attached hydrogen (secondary N) is 3. The summed E-state index contributed by atoms with van der Waals surface area (Å²) in [4.78, 5) is 39.0. The van der Waals surface area contributed by atoms with Gasteiger partial charge in [0.25, 0.3) is 5.91 Å². The van der Waals surface area contributed by atoms with Gasteiger partial charge in [-0.2, -0.15) is 0 Å². The molecule has 3 atom stereocenters. The van der Waals surface area contributed by atoms with Gasteiger partial charge in [-0.05, 0) is 62.6 Å². The number of hydrogen-bond acceptors (Lipinski definition) is 4. The summed E-state index contributed by atoms with van der Waals surface area (Å²) in [5.41, 5.74) is 2.87. The number of nitrogens with zero attached hydrogens (tertiary/aromatic N) is 1. The van der Waals surface area contributed by atoms with Crippen LogP contribution < -0.4 is 16.0 Å². The second-order valence-electron chi connectivity index (χ2n) is 9.10. The van der Waals surface area contributed by atoms with E-state index in [1.165, 1.54) is 40.3 Å². The number of aryl methyl sites for hydroxylation is 1. The minimum Gasteiger partial charge on any atom is -0.353 e. The van der Waals surface area contributed by atoms with Crippen LogP contribution in [0.25, 0.3) is 0 Å². The summed E-state index contributed by atoms with van der Waals surface area (Å²) < 4.78 is 13.2. The SMILES string of the molecule is Cc1ccc([C@@H]2C[C@H]2NCCC[C@H](NC(=O)c2ccc(F)cc2)C(=O)N2CCNC(=O)C2)cc1. The molecular formula is C26H31FN4O3. The molecule has 3 N–H and O–H groups in total. The van der Waals surface area contributed by atoms with Gasteiger partial charge in [0, 0.05) is 30.6 Å². The Morgan fingerprint density at radius 3 is 2.59 bits per heavy atom. The lowest BCUT2D eigenvalue weighted by atomic mass is 10.1. The zero-order valence-corrected chi connectivity index (χ0v) is 19.4. The first-order valence-electron chi connectivity index (χ1n) is 11.8. The van der Waals surface area contributed by atoms with E-state index < -0.39 is 17.8 Å². The fraction of sp³-hybridized carbons (Fsp3) is 0.423. The Bertz CT molecular complexity index is 1030. The molecular weight excluding hydrogens is 435 g/mol. The molecule has 4 rings (SSSR count). The molecule has 0 unspecified atom stereocenters. The highest BCUT2D eigenvalue weighted by atomic mass is 19.1. The molecule has 0 bridgehead atoms. The van der Waals surface area contributed by atoms with Crippen LogP contribution in [0.5, 0.6) is 0 Å². The first-order valence-corrected chi connectivity index (χ1v) is 11.8. The maximum absolute atomic E-state index is 13.2. The third-order valence-electron chi connectivity index (χ3n) is 6.43. The summed E-state index contributed by atoms with van der Waals surface area (Å²) in [5, 5.41) is 9.05. The van der Waals surface area contributed by atoms with Gasteiger partial charge in [0.05, 0.1) is 6.54 Å². The summed E-state index contributed by atoms with van der Waals surface area (Å²) in [7, 11) is 0. The highest BCUT2D eigenvalue weighted by Crippen LogP contribution is 2.40. The molecule has 1 saturated heterocycles. The van der Waals surface area contributed by atoms with Crippen LogP contribution in [0.15, 0.2) is 48.5 Å². The maximum Gasteiger partial charge on any atom is 0.251 e. The minimum absolute atomic E-state index is 0.0136. The molecule has 0 aromatic heterocycles. The Balaban J connectivity index is 1.31. The van der Waals surface area contributed by atoms with Crippen molar-refractivity contribution in [3.05, 3.63) is 71.0 Å². The molecule has 180 valence electrons. The molecule has 7 nitrogen and oxygen atoms in total. The number of carbonyl (C=O) groups is 3. The van der Waals surface area contributed by atoms with E-state index in [0.29, 0.717) is 37.9 Å². The third kappa shape index (κ3) is 6.20. The molecule has 34 heavy (non-hydrogen) atoms. The van der Waals surface area contributed by atoms with Crippen molar-refractivity contribution in [2.45, 2.75) is 44.2 Å². The smallest absolute Gasteiger partial charge is 0.251 e. The highest BCUT2D eigenvalue weighted by Gasteiger charge is 2.37. The van der Waals surface area contributed by atoms with Gasteiger partial charge in [0.1, 0.15) is 11.9 Å². The van der Waals surface area contributed by atoms with Crippen molar-refractivity contribution >= 4 is 17.7 Å². The van der Waals surface area contributed by atoms with Crippen LogP contribution in [0, 0.1) is 12.7 Å². The van der Waals surface area contributed by atoms with Crippen LogP contribution in [0.1, 0.15) is 46.7 Å². The van der Waals surface area contributed by atoms with Crippen molar-refractivity contribution in [1.82, 2.24) is 20.9 Å². The number of halogens is 1. The van der Waals surface area contributed by atoms with E-state index in [-0.39, 0.29) is 23.9 Å². The van der Waals surface area contributed by atoms with E-state index in [0.717, 1.165) is 13.0 Å². The molecule has 0 spiro atoms. The predicted octanol–water partition coefficient (Wildman–Crippen LogP) is 2.12. The van der Waals surface area contributed by atoms with Crippen LogP contribution in [0.2, 0.25) is 0 Å². The van der Waals surface area contributed by atoms with E-state index in [1.54, 1.807) is 0 Å². The average Bonchev–Trinajstić information content (AvgIpc) is 3.61. The zero-order chi connectivity index (χ0) is 24.1. The second-order valence-corrected chi connectivity index (χ2v) is 9.10. The summed E-state index contributed by atoms with van der Waals surface area (Å²) in [6, 6.07) is 13.5. The molecule has 2 fully saturated rings. The average molecular weight is 467 g/mol. The first-order chi connectivity index (χ1) is 16.4. The molecule has 0 radical (unpaired) electrons. The van der Waals surface area contributed by atoms with E-state index in [9.17, 15) is 18.8 Å². The van der Waals surface area contributed by atoms with Crippen molar-refractivity contribution in [2.75, 3.05) is 26.2 Å². The lowest BCUT2D eigenvalue weighted by Gasteiger charge is -2.30. The lowest BCUT2D eigenvalue weighted by molar-refractivity contribution is -0.139. The molecule has 2 aliphatic rings. The van der Waals surface area contributed by atoms with Crippen LogP contribution in [0.3, 0.4) is 0 Å². The van der Waals surface area contributed by atoms with Crippen molar-refractivity contribution in [3.8, 4) is 0 Å². The third-order valence-corrected chi connectivity index (χ3v) is 6.43. The van der Waals surface area contributed by atoms with Crippen molar-refractivity contribution in [2.24, 2.45) is 0 Å². The molecule has 1 aliphatic heterocycles. The largest absolute Gasteiger partial charge is 0.353 e. The predicted molar refractivity (Wildman–Crippen MR) is 127 cm³/mol. The van der Waals surface area contributed by atoms with Crippen LogP contribution in [0.4, 0.5) is 4.39 Å². The zero-order valence-electron chi connectivity index (χ0n) is 19.4. The molecule has 1 heterocycles.